The van der Waals surface area contributed by atoms with Gasteiger partial charge in [0, 0.05) is 21.3 Å². The molecule has 1 aliphatic rings. The van der Waals surface area contributed by atoms with Crippen LogP contribution in [0.3, 0.4) is 0 Å². The van der Waals surface area contributed by atoms with E-state index in [1.165, 1.54) is 0 Å². The van der Waals surface area contributed by atoms with E-state index in [1.807, 2.05) is 42.5 Å². The van der Waals surface area contributed by atoms with Crippen LogP contribution in [0.5, 0.6) is 0 Å². The van der Waals surface area contributed by atoms with Gasteiger partial charge in [0.15, 0.2) is 5.78 Å². The lowest BCUT2D eigenvalue weighted by molar-refractivity contribution is 0.102. The molecule has 2 aromatic carbocycles. The fourth-order valence-corrected chi connectivity index (χ4v) is 2.91. The summed E-state index contributed by atoms with van der Waals surface area (Å²) in [6, 6.07) is 15.9. The lowest BCUT2D eigenvalue weighted by atomic mass is 9.90. The summed E-state index contributed by atoms with van der Waals surface area (Å²) in [5.41, 5.74) is 2.59. The number of urea groups is 1. The lowest BCUT2D eigenvalue weighted by Crippen LogP contribution is -2.45. The summed E-state index contributed by atoms with van der Waals surface area (Å²) in [5.74, 6) is -0.0940. The topological polar surface area (TPSA) is 58.2 Å². The first-order chi connectivity index (χ1) is 11.1. The molecular weight excluding hydrogens is 356 g/mol. The normalized spacial score (nSPS) is 17.5. The highest BCUT2D eigenvalue weighted by atomic mass is 79.9. The third kappa shape index (κ3) is 3.19. The second kappa shape index (κ2) is 6.38. The van der Waals surface area contributed by atoms with Crippen molar-refractivity contribution >= 4 is 27.7 Å². The largest absolute Gasteiger partial charge is 0.327 e. The fraction of sp³-hybridized carbons (Fsp3) is 0.111. The highest BCUT2D eigenvalue weighted by molar-refractivity contribution is 9.10. The molecule has 0 saturated heterocycles. The Bertz CT molecular complexity index is 782. The molecule has 2 N–H and O–H groups in total. The number of Topliss-reactive ketones (excluding diaryl/α,β-unsaturated/α-hetero) is 1. The van der Waals surface area contributed by atoms with E-state index in [4.69, 9.17) is 0 Å². The molecule has 0 aromatic heterocycles. The van der Waals surface area contributed by atoms with Crippen molar-refractivity contribution in [1.29, 1.82) is 0 Å². The van der Waals surface area contributed by atoms with Gasteiger partial charge in [0.25, 0.3) is 0 Å². The molecule has 3 rings (SSSR count). The molecular formula is C18H15BrN2O2. The summed E-state index contributed by atoms with van der Waals surface area (Å²) < 4.78 is 0.943. The Kier molecular flexibility index (Phi) is 4.30. The first-order valence-electron chi connectivity index (χ1n) is 7.20. The predicted octanol–water partition coefficient (Wildman–Crippen LogP) is 3.96. The third-order valence-corrected chi connectivity index (χ3v) is 4.28. The van der Waals surface area contributed by atoms with E-state index < -0.39 is 6.04 Å². The van der Waals surface area contributed by atoms with Crippen molar-refractivity contribution in [1.82, 2.24) is 10.6 Å². The minimum absolute atomic E-state index is 0.0940. The first kappa shape index (κ1) is 15.5. The molecule has 0 unspecified atom stereocenters. The zero-order chi connectivity index (χ0) is 16.4. The van der Waals surface area contributed by atoms with E-state index >= 15 is 0 Å². The molecule has 2 amide bonds. The van der Waals surface area contributed by atoms with Crippen LogP contribution >= 0.6 is 15.9 Å². The number of benzene rings is 2. The summed E-state index contributed by atoms with van der Waals surface area (Å²) in [6.07, 6.45) is 0. The van der Waals surface area contributed by atoms with Crippen LogP contribution in [0.4, 0.5) is 4.79 Å². The van der Waals surface area contributed by atoms with Gasteiger partial charge in [-0.1, -0.05) is 58.4 Å². The quantitative estimate of drug-likeness (QED) is 0.803. The third-order valence-electron chi connectivity index (χ3n) is 3.75. The number of allylic oxidation sites excluding steroid dienone is 1. The highest BCUT2D eigenvalue weighted by Gasteiger charge is 2.31. The summed E-state index contributed by atoms with van der Waals surface area (Å²) in [6.45, 7) is 1.75. The zero-order valence-electron chi connectivity index (χ0n) is 12.5. The summed E-state index contributed by atoms with van der Waals surface area (Å²) >= 11 is 3.40. The monoisotopic (exact) mass is 370 g/mol. The molecule has 0 radical (unpaired) electrons. The maximum Gasteiger partial charge on any atom is 0.319 e. The Balaban J connectivity index is 2.06. The average Bonchev–Trinajstić information content (AvgIpc) is 2.55. The van der Waals surface area contributed by atoms with E-state index in [0.717, 1.165) is 10.0 Å². The van der Waals surface area contributed by atoms with Gasteiger partial charge in [-0.3, -0.25) is 4.79 Å². The van der Waals surface area contributed by atoms with E-state index in [2.05, 4.69) is 26.6 Å². The molecule has 1 aliphatic heterocycles. The minimum Gasteiger partial charge on any atom is -0.327 e. The molecule has 4 nitrogen and oxygen atoms in total. The van der Waals surface area contributed by atoms with E-state index in [0.29, 0.717) is 16.8 Å². The highest BCUT2D eigenvalue weighted by Crippen LogP contribution is 2.30. The van der Waals surface area contributed by atoms with Crippen molar-refractivity contribution in [3.63, 3.8) is 0 Å². The molecule has 1 atom stereocenters. The van der Waals surface area contributed by atoms with Crippen LogP contribution in [0.25, 0.3) is 0 Å². The Morgan fingerprint density at radius 2 is 1.70 bits per heavy atom. The number of rotatable bonds is 3. The summed E-state index contributed by atoms with van der Waals surface area (Å²) in [4.78, 5) is 24.8. The molecule has 0 saturated carbocycles. The molecule has 0 spiro atoms. The average molecular weight is 371 g/mol. The number of halogens is 1. The van der Waals surface area contributed by atoms with Gasteiger partial charge in [-0.15, -0.1) is 0 Å². The second-order valence-electron chi connectivity index (χ2n) is 5.32. The van der Waals surface area contributed by atoms with Gasteiger partial charge in [-0.05, 0) is 24.6 Å². The number of hydrogen-bond donors (Lipinski definition) is 2. The number of carbonyl (C=O) groups excluding carboxylic acids is 2. The maximum absolute atomic E-state index is 12.9. The van der Waals surface area contributed by atoms with Gasteiger partial charge in [-0.25, -0.2) is 4.79 Å². The van der Waals surface area contributed by atoms with E-state index in [9.17, 15) is 9.59 Å². The van der Waals surface area contributed by atoms with Gasteiger partial charge in [-0.2, -0.15) is 0 Å². The molecule has 1 heterocycles. The SMILES string of the molecule is CC1=C(C(=O)c2ccccc2)[C@@H](c2ccc(Br)cc2)NC(=O)N1. The van der Waals surface area contributed by atoms with Crippen molar-refractivity contribution in [2.75, 3.05) is 0 Å². The Hall–Kier alpha value is -2.40. The van der Waals surface area contributed by atoms with Crippen LogP contribution in [0.1, 0.15) is 28.9 Å². The zero-order valence-corrected chi connectivity index (χ0v) is 14.1. The van der Waals surface area contributed by atoms with E-state index in [-0.39, 0.29) is 11.8 Å². The Labute approximate surface area is 142 Å². The van der Waals surface area contributed by atoms with Gasteiger partial charge >= 0.3 is 6.03 Å². The Morgan fingerprint density at radius 3 is 2.35 bits per heavy atom. The minimum atomic E-state index is -0.468. The van der Waals surface area contributed by atoms with Crippen molar-refractivity contribution < 1.29 is 9.59 Å². The molecule has 116 valence electrons. The molecule has 0 fully saturated rings. The molecule has 0 bridgehead atoms. The number of hydrogen-bond acceptors (Lipinski definition) is 2. The number of ketones is 1. The summed E-state index contributed by atoms with van der Waals surface area (Å²) in [7, 11) is 0. The smallest absolute Gasteiger partial charge is 0.319 e. The van der Waals surface area contributed by atoms with Crippen LogP contribution in [-0.4, -0.2) is 11.8 Å². The molecule has 0 aliphatic carbocycles. The van der Waals surface area contributed by atoms with Crippen molar-refractivity contribution in [3.8, 4) is 0 Å². The van der Waals surface area contributed by atoms with Gasteiger partial charge in [0.2, 0.25) is 0 Å². The van der Waals surface area contributed by atoms with Crippen LogP contribution < -0.4 is 10.6 Å². The fourth-order valence-electron chi connectivity index (χ4n) is 2.65. The Morgan fingerprint density at radius 1 is 1.04 bits per heavy atom. The second-order valence-corrected chi connectivity index (χ2v) is 6.23. The molecule has 5 heteroatoms. The van der Waals surface area contributed by atoms with Crippen molar-refractivity contribution in [2.45, 2.75) is 13.0 Å². The predicted molar refractivity (Wildman–Crippen MR) is 92.0 cm³/mol. The van der Waals surface area contributed by atoms with Gasteiger partial charge < -0.3 is 10.6 Å². The van der Waals surface area contributed by atoms with Crippen LogP contribution in [-0.2, 0) is 0 Å². The molecule has 2 aromatic rings. The van der Waals surface area contributed by atoms with E-state index in [1.54, 1.807) is 19.1 Å². The summed E-state index contributed by atoms with van der Waals surface area (Å²) in [5, 5.41) is 5.53. The van der Waals surface area contributed by atoms with Crippen LogP contribution in [0.2, 0.25) is 0 Å². The molecule has 23 heavy (non-hydrogen) atoms. The number of nitrogens with one attached hydrogen (secondary N) is 2. The van der Waals surface area contributed by atoms with Crippen molar-refractivity contribution in [3.05, 3.63) is 81.5 Å². The standard InChI is InChI=1S/C18H15BrN2O2/c1-11-15(17(22)13-5-3-2-4-6-13)16(21-18(23)20-11)12-7-9-14(19)10-8-12/h2-10,16H,1H3,(H2,20,21,23)/t16-/m1/s1. The van der Waals surface area contributed by atoms with Crippen LogP contribution in [0, 0.1) is 0 Å². The van der Waals surface area contributed by atoms with Gasteiger partial charge in [0.05, 0.1) is 6.04 Å². The number of carbonyl (C=O) groups is 2. The first-order valence-corrected chi connectivity index (χ1v) is 7.99. The van der Waals surface area contributed by atoms with Gasteiger partial charge in [0.1, 0.15) is 0 Å². The van der Waals surface area contributed by atoms with Crippen molar-refractivity contribution in [2.24, 2.45) is 0 Å². The number of amides is 2. The van der Waals surface area contributed by atoms with Crippen LogP contribution in [0.15, 0.2) is 70.3 Å². The maximum atomic E-state index is 12.9. The lowest BCUT2D eigenvalue weighted by Gasteiger charge is -2.28.